The topological polar surface area (TPSA) is 26.0 Å². The van der Waals surface area contributed by atoms with Crippen LogP contribution in [0.1, 0.15) is 109 Å². The molecule has 0 N–H and O–H groups in total. The van der Waals surface area contributed by atoms with E-state index in [4.69, 9.17) is 4.52 Å². The van der Waals surface area contributed by atoms with Crippen molar-refractivity contribution >= 4 is 0 Å². The number of nitrogens with zero attached hydrogens (tertiary/aromatic N) is 1. The minimum Gasteiger partial charge on any atom is -0.361 e. The van der Waals surface area contributed by atoms with Gasteiger partial charge >= 0.3 is 0 Å². The standard InChI is InChI=1S/C19H35NO/c1-3-5-7-9-11-13-15-18(19-16-17-20-21-19)14-12-10-8-6-4-2/h16-18H,3-15H2,1-2H3. The number of hydrogen-bond acceptors (Lipinski definition) is 2. The third kappa shape index (κ3) is 8.95. The summed E-state index contributed by atoms with van der Waals surface area (Å²) >= 11 is 0. The number of unbranched alkanes of at least 4 members (excludes halogenated alkanes) is 9. The van der Waals surface area contributed by atoms with E-state index in [2.05, 4.69) is 25.1 Å². The second kappa shape index (κ2) is 12.9. The minimum absolute atomic E-state index is 0.598. The van der Waals surface area contributed by atoms with Gasteiger partial charge in [-0.2, -0.15) is 0 Å². The van der Waals surface area contributed by atoms with Crippen LogP contribution in [0.3, 0.4) is 0 Å². The van der Waals surface area contributed by atoms with Gasteiger partial charge in [0, 0.05) is 12.0 Å². The van der Waals surface area contributed by atoms with Crippen molar-refractivity contribution in [2.75, 3.05) is 0 Å². The molecule has 0 aromatic carbocycles. The normalized spacial score (nSPS) is 12.7. The van der Waals surface area contributed by atoms with Crippen LogP contribution in [0.25, 0.3) is 0 Å². The molecule has 0 bridgehead atoms. The van der Waals surface area contributed by atoms with Crippen LogP contribution < -0.4 is 0 Å². The van der Waals surface area contributed by atoms with Crippen molar-refractivity contribution in [2.45, 2.75) is 103 Å². The first-order chi connectivity index (χ1) is 10.4. The Morgan fingerprint density at radius 1 is 0.810 bits per heavy atom. The molecule has 1 aromatic rings. The van der Waals surface area contributed by atoms with Gasteiger partial charge in [-0.05, 0) is 12.8 Å². The minimum atomic E-state index is 0.598. The van der Waals surface area contributed by atoms with Gasteiger partial charge in [-0.15, -0.1) is 0 Å². The third-order valence-corrected chi connectivity index (χ3v) is 4.42. The van der Waals surface area contributed by atoms with Crippen LogP contribution in [0, 0.1) is 0 Å². The molecule has 2 heteroatoms. The molecule has 1 rings (SSSR count). The van der Waals surface area contributed by atoms with Crippen molar-refractivity contribution in [2.24, 2.45) is 0 Å². The Balaban J connectivity index is 2.19. The fourth-order valence-electron chi connectivity index (χ4n) is 3.03. The van der Waals surface area contributed by atoms with Gasteiger partial charge in [-0.3, -0.25) is 0 Å². The number of aromatic nitrogens is 1. The Hall–Kier alpha value is -0.790. The van der Waals surface area contributed by atoms with Crippen LogP contribution in [0.4, 0.5) is 0 Å². The lowest BCUT2D eigenvalue weighted by molar-refractivity contribution is 0.337. The maximum absolute atomic E-state index is 5.42. The van der Waals surface area contributed by atoms with Crippen LogP contribution in [0.5, 0.6) is 0 Å². The summed E-state index contributed by atoms with van der Waals surface area (Å²) in [5, 5.41) is 3.89. The maximum atomic E-state index is 5.42. The molecule has 0 aliphatic heterocycles. The van der Waals surface area contributed by atoms with E-state index in [1.807, 2.05) is 0 Å². The zero-order valence-electron chi connectivity index (χ0n) is 14.3. The van der Waals surface area contributed by atoms with E-state index in [0.717, 1.165) is 5.76 Å². The Bertz CT molecular complexity index is 307. The first-order valence-electron chi connectivity index (χ1n) is 9.29. The van der Waals surface area contributed by atoms with Crippen molar-refractivity contribution < 1.29 is 4.52 Å². The fraction of sp³-hybridized carbons (Fsp3) is 0.842. The highest BCUT2D eigenvalue weighted by molar-refractivity contribution is 5.01. The highest BCUT2D eigenvalue weighted by Crippen LogP contribution is 2.28. The molecule has 21 heavy (non-hydrogen) atoms. The van der Waals surface area contributed by atoms with Crippen LogP contribution in [0.2, 0.25) is 0 Å². The Morgan fingerprint density at radius 3 is 1.81 bits per heavy atom. The summed E-state index contributed by atoms with van der Waals surface area (Å²) in [6.07, 6.45) is 19.4. The largest absolute Gasteiger partial charge is 0.361 e. The Morgan fingerprint density at radius 2 is 1.33 bits per heavy atom. The summed E-state index contributed by atoms with van der Waals surface area (Å²) in [5.41, 5.74) is 0. The first kappa shape index (κ1) is 18.3. The lowest BCUT2D eigenvalue weighted by Crippen LogP contribution is -1.98. The summed E-state index contributed by atoms with van der Waals surface area (Å²) < 4.78 is 5.42. The summed E-state index contributed by atoms with van der Waals surface area (Å²) in [6, 6.07) is 2.06. The van der Waals surface area contributed by atoms with Gasteiger partial charge in [0.25, 0.3) is 0 Å². The van der Waals surface area contributed by atoms with Crippen LogP contribution in [-0.4, -0.2) is 5.16 Å². The smallest absolute Gasteiger partial charge is 0.139 e. The third-order valence-electron chi connectivity index (χ3n) is 4.42. The Labute approximate surface area is 131 Å². The van der Waals surface area contributed by atoms with Gasteiger partial charge in [0.05, 0.1) is 6.20 Å². The van der Waals surface area contributed by atoms with E-state index in [1.165, 1.54) is 83.5 Å². The molecule has 1 atom stereocenters. The molecule has 1 aromatic heterocycles. The second-order valence-corrected chi connectivity index (χ2v) is 6.37. The van der Waals surface area contributed by atoms with Crippen LogP contribution in [-0.2, 0) is 0 Å². The average molecular weight is 293 g/mol. The van der Waals surface area contributed by atoms with Gasteiger partial charge in [-0.25, -0.2) is 0 Å². The second-order valence-electron chi connectivity index (χ2n) is 6.37. The SMILES string of the molecule is CCCCCCCCC(CCCCCCC)c1ccno1. The molecule has 2 nitrogen and oxygen atoms in total. The summed E-state index contributed by atoms with van der Waals surface area (Å²) in [5.74, 6) is 1.71. The Kier molecular flexibility index (Phi) is 11.2. The van der Waals surface area contributed by atoms with Gasteiger partial charge in [0.1, 0.15) is 5.76 Å². The van der Waals surface area contributed by atoms with E-state index in [0.29, 0.717) is 5.92 Å². The molecule has 122 valence electrons. The maximum Gasteiger partial charge on any atom is 0.139 e. The molecule has 0 saturated carbocycles. The predicted molar refractivity (Wildman–Crippen MR) is 90.6 cm³/mol. The molecular weight excluding hydrogens is 258 g/mol. The molecule has 0 aliphatic carbocycles. The van der Waals surface area contributed by atoms with E-state index < -0.39 is 0 Å². The molecule has 1 heterocycles. The van der Waals surface area contributed by atoms with Gasteiger partial charge in [-0.1, -0.05) is 89.6 Å². The molecule has 0 amide bonds. The van der Waals surface area contributed by atoms with E-state index in [1.54, 1.807) is 6.20 Å². The van der Waals surface area contributed by atoms with Gasteiger partial charge in [0.2, 0.25) is 0 Å². The van der Waals surface area contributed by atoms with E-state index in [-0.39, 0.29) is 0 Å². The van der Waals surface area contributed by atoms with Crippen LogP contribution in [0.15, 0.2) is 16.8 Å². The zero-order chi connectivity index (χ0) is 15.2. The molecular formula is C19H35NO. The molecule has 0 spiro atoms. The summed E-state index contributed by atoms with van der Waals surface area (Å²) in [7, 11) is 0. The van der Waals surface area contributed by atoms with Crippen molar-refractivity contribution in [1.29, 1.82) is 0 Å². The first-order valence-corrected chi connectivity index (χ1v) is 9.29. The zero-order valence-corrected chi connectivity index (χ0v) is 14.3. The molecule has 0 fully saturated rings. The lowest BCUT2D eigenvalue weighted by Gasteiger charge is -2.13. The van der Waals surface area contributed by atoms with Gasteiger partial charge < -0.3 is 4.52 Å². The number of rotatable bonds is 14. The van der Waals surface area contributed by atoms with Crippen LogP contribution >= 0.6 is 0 Å². The molecule has 0 radical (unpaired) electrons. The van der Waals surface area contributed by atoms with Gasteiger partial charge in [0.15, 0.2) is 0 Å². The average Bonchev–Trinajstić information content (AvgIpc) is 3.02. The fourth-order valence-corrected chi connectivity index (χ4v) is 3.03. The summed E-state index contributed by atoms with van der Waals surface area (Å²) in [6.45, 7) is 4.55. The van der Waals surface area contributed by atoms with Crippen molar-refractivity contribution in [1.82, 2.24) is 5.16 Å². The van der Waals surface area contributed by atoms with Crippen molar-refractivity contribution in [3.63, 3.8) is 0 Å². The van der Waals surface area contributed by atoms with Crippen molar-refractivity contribution in [3.05, 3.63) is 18.0 Å². The highest BCUT2D eigenvalue weighted by Gasteiger charge is 2.14. The molecule has 0 aliphatic rings. The predicted octanol–water partition coefficient (Wildman–Crippen LogP) is 6.87. The monoisotopic (exact) mass is 293 g/mol. The lowest BCUT2D eigenvalue weighted by atomic mass is 9.92. The van der Waals surface area contributed by atoms with E-state index in [9.17, 15) is 0 Å². The molecule has 1 unspecified atom stereocenters. The molecule has 0 saturated heterocycles. The van der Waals surface area contributed by atoms with Crippen molar-refractivity contribution in [3.8, 4) is 0 Å². The highest BCUT2D eigenvalue weighted by atomic mass is 16.5. The summed E-state index contributed by atoms with van der Waals surface area (Å²) in [4.78, 5) is 0. The number of hydrogen-bond donors (Lipinski definition) is 0. The van der Waals surface area contributed by atoms with E-state index >= 15 is 0 Å². The quantitative estimate of drug-likeness (QED) is 0.350.